The second-order valence-electron chi connectivity index (χ2n) is 17.4. The van der Waals surface area contributed by atoms with Crippen LogP contribution >= 0.6 is 0 Å². The molecule has 0 aliphatic carbocycles. The van der Waals surface area contributed by atoms with Gasteiger partial charge in [-0.1, -0.05) is 191 Å². The van der Waals surface area contributed by atoms with Crippen LogP contribution < -0.4 is 0 Å². The number of unbranched alkanes of at least 4 members (excludes halogenated alkanes) is 25. The Hall–Kier alpha value is -2.96. The van der Waals surface area contributed by atoms with Gasteiger partial charge in [-0.3, -0.25) is 19.2 Å². The highest BCUT2D eigenvalue weighted by atomic mass is 16.6. The summed E-state index contributed by atoms with van der Waals surface area (Å²) in [6.07, 6.45) is 54.8. The topological polar surface area (TPSA) is 96.0 Å². The highest BCUT2D eigenvalue weighted by molar-refractivity contribution is 5.83. The molecule has 0 saturated carbocycles. The van der Waals surface area contributed by atoms with Crippen LogP contribution in [0.3, 0.4) is 0 Å². The number of hydrogen-bond donors (Lipinski definition) is 0. The molecule has 0 saturated heterocycles. The fourth-order valence-corrected chi connectivity index (χ4v) is 7.21. The van der Waals surface area contributed by atoms with Crippen LogP contribution in [0.4, 0.5) is 0 Å². The predicted molar refractivity (Wildman–Crippen MR) is 261 cm³/mol. The van der Waals surface area contributed by atoms with E-state index in [0.717, 1.165) is 109 Å². The number of allylic oxidation sites excluding steroid dienone is 8. The van der Waals surface area contributed by atoms with Crippen molar-refractivity contribution < 1.29 is 33.4 Å². The largest absolute Gasteiger partial charge is 0.462 e. The lowest BCUT2D eigenvalue weighted by molar-refractivity contribution is -0.167. The Kier molecular flexibility index (Phi) is 46.7. The monoisotopic (exact) mass is 869 g/mol. The van der Waals surface area contributed by atoms with Gasteiger partial charge in [0.1, 0.15) is 19.0 Å². The molecule has 0 rings (SSSR count). The molecule has 0 fully saturated rings. The van der Waals surface area contributed by atoms with E-state index in [4.69, 9.17) is 14.2 Å². The van der Waals surface area contributed by atoms with Crippen molar-refractivity contribution in [2.24, 2.45) is 0 Å². The zero-order chi connectivity index (χ0) is 45.2. The highest BCUT2D eigenvalue weighted by Crippen LogP contribution is 2.14. The summed E-state index contributed by atoms with van der Waals surface area (Å²) >= 11 is 0. The summed E-state index contributed by atoms with van der Waals surface area (Å²) in [4.78, 5) is 50.5. The van der Waals surface area contributed by atoms with E-state index in [1.807, 2.05) is 0 Å². The van der Waals surface area contributed by atoms with Crippen molar-refractivity contribution in [1.29, 1.82) is 0 Å². The van der Waals surface area contributed by atoms with Crippen LogP contribution in [0.2, 0.25) is 0 Å². The van der Waals surface area contributed by atoms with Gasteiger partial charge in [-0.2, -0.15) is 0 Å². The molecule has 0 heterocycles. The predicted octanol–water partition coefficient (Wildman–Crippen LogP) is 16.3. The van der Waals surface area contributed by atoms with Crippen LogP contribution in [0.1, 0.15) is 258 Å². The lowest BCUT2D eigenvalue weighted by Crippen LogP contribution is -2.31. The van der Waals surface area contributed by atoms with Gasteiger partial charge in [-0.15, -0.1) is 0 Å². The summed E-state index contributed by atoms with van der Waals surface area (Å²) in [7, 11) is 0. The summed E-state index contributed by atoms with van der Waals surface area (Å²) < 4.78 is 16.6. The molecule has 0 aliphatic heterocycles. The fourth-order valence-electron chi connectivity index (χ4n) is 7.21. The van der Waals surface area contributed by atoms with Gasteiger partial charge in [0.15, 0.2) is 6.10 Å². The number of carbonyl (C=O) groups excluding carboxylic acids is 4. The molecule has 0 aromatic rings. The number of ether oxygens (including phenoxy) is 3. The third-order valence-electron chi connectivity index (χ3n) is 11.2. The van der Waals surface area contributed by atoms with Gasteiger partial charge < -0.3 is 14.2 Å². The first-order chi connectivity index (χ1) is 30.4. The number of hydrogen-bond acceptors (Lipinski definition) is 7. The lowest BCUT2D eigenvalue weighted by atomic mass is 10.0. The van der Waals surface area contributed by atoms with E-state index in [9.17, 15) is 19.2 Å². The normalized spacial score (nSPS) is 11.9. The first-order valence-electron chi connectivity index (χ1n) is 26.0. The Balaban J connectivity index is 4.50. The Bertz CT molecular complexity index is 1090. The van der Waals surface area contributed by atoms with Crippen LogP contribution in [0.5, 0.6) is 0 Å². The molecule has 0 atom stereocenters. The molecule has 7 nitrogen and oxygen atoms in total. The van der Waals surface area contributed by atoms with E-state index in [1.165, 1.54) is 96.3 Å². The Morgan fingerprint density at radius 3 is 1.06 bits per heavy atom. The van der Waals surface area contributed by atoms with Crippen LogP contribution in [-0.4, -0.2) is 43.0 Å². The maximum Gasteiger partial charge on any atom is 0.306 e. The summed E-state index contributed by atoms with van der Waals surface area (Å²) in [5, 5.41) is 0. The summed E-state index contributed by atoms with van der Waals surface area (Å²) in [5.74, 6) is -1.17. The Labute approximate surface area is 382 Å². The van der Waals surface area contributed by atoms with Gasteiger partial charge in [0.2, 0.25) is 0 Å². The number of carbonyl (C=O) groups is 4. The third kappa shape index (κ3) is 46.5. The first kappa shape index (κ1) is 59.0. The molecule has 0 aliphatic rings. The average Bonchev–Trinajstić information content (AvgIpc) is 3.27. The average molecular weight is 869 g/mol. The molecule has 0 aromatic heterocycles. The van der Waals surface area contributed by atoms with Gasteiger partial charge in [0.25, 0.3) is 0 Å². The number of Topliss-reactive ketones (excluding diaryl/α,β-unsaturated/α-hetero) is 1. The summed E-state index contributed by atoms with van der Waals surface area (Å²) in [5.41, 5.74) is 0. The highest BCUT2D eigenvalue weighted by Gasteiger charge is 2.20. The summed E-state index contributed by atoms with van der Waals surface area (Å²) in [6.45, 7) is 6.35. The minimum Gasteiger partial charge on any atom is -0.462 e. The van der Waals surface area contributed by atoms with Gasteiger partial charge in [0, 0.05) is 25.7 Å². The fraction of sp³-hybridized carbons (Fsp3) is 0.782. The Morgan fingerprint density at radius 1 is 0.339 bits per heavy atom. The number of esters is 3. The van der Waals surface area contributed by atoms with Crippen LogP contribution in [0.15, 0.2) is 48.6 Å². The van der Waals surface area contributed by atoms with Crippen molar-refractivity contribution >= 4 is 23.7 Å². The van der Waals surface area contributed by atoms with Gasteiger partial charge in [-0.25, -0.2) is 0 Å². The quantitative estimate of drug-likeness (QED) is 0.0260. The van der Waals surface area contributed by atoms with Gasteiger partial charge in [0.05, 0.1) is 6.42 Å². The lowest BCUT2D eigenvalue weighted by Gasteiger charge is -2.18. The molecule has 0 N–H and O–H groups in total. The summed E-state index contributed by atoms with van der Waals surface area (Å²) in [6, 6.07) is 0. The zero-order valence-corrected chi connectivity index (χ0v) is 40.6. The molecule has 0 amide bonds. The van der Waals surface area contributed by atoms with E-state index < -0.39 is 12.1 Å². The number of rotatable bonds is 47. The van der Waals surface area contributed by atoms with Crippen molar-refractivity contribution in [3.63, 3.8) is 0 Å². The molecular formula is C55H96O7. The second-order valence-corrected chi connectivity index (χ2v) is 17.4. The standard InChI is InChI=1S/C55H96O7/c1-4-7-10-13-16-19-22-24-26-28-30-33-36-39-42-45-53(57)60-49-52(62-55(59)48-47-51(56)44-41-38-35-32-21-18-15-12-9-6-3)50-61-54(58)46-43-40-37-34-31-29-27-25-23-20-17-14-11-8-5-2/h16-17,19-20,24-27,52H,4-15,18,21-23,28-50H2,1-3H3/b19-16-,20-17-,26-24-,27-25-. The molecule has 0 aromatic carbocycles. The van der Waals surface area contributed by atoms with Crippen LogP contribution in [0.25, 0.3) is 0 Å². The van der Waals surface area contributed by atoms with Crippen molar-refractivity contribution in [2.45, 2.75) is 264 Å². The zero-order valence-electron chi connectivity index (χ0n) is 40.6. The van der Waals surface area contributed by atoms with Gasteiger partial charge in [-0.05, 0) is 83.5 Å². The molecule has 0 unspecified atom stereocenters. The van der Waals surface area contributed by atoms with Crippen LogP contribution in [-0.2, 0) is 33.4 Å². The van der Waals surface area contributed by atoms with Crippen molar-refractivity contribution in [1.82, 2.24) is 0 Å². The Morgan fingerprint density at radius 2 is 0.661 bits per heavy atom. The molecule has 0 bridgehead atoms. The van der Waals surface area contributed by atoms with E-state index in [1.54, 1.807) is 0 Å². The van der Waals surface area contributed by atoms with E-state index >= 15 is 0 Å². The molecule has 7 heteroatoms. The first-order valence-corrected chi connectivity index (χ1v) is 26.0. The molecule has 358 valence electrons. The van der Waals surface area contributed by atoms with Crippen molar-refractivity contribution in [3.8, 4) is 0 Å². The SMILES string of the molecule is CCCCC/C=C\C/C=C\CCCCCCCC(=O)OCC(COC(=O)CCCCCCC/C=C\C/C=C\CCCCC)OC(=O)CCC(=O)CCCCCCCCCCCC. The van der Waals surface area contributed by atoms with E-state index in [0.29, 0.717) is 19.3 Å². The van der Waals surface area contributed by atoms with E-state index in [2.05, 4.69) is 69.4 Å². The van der Waals surface area contributed by atoms with Crippen molar-refractivity contribution in [2.75, 3.05) is 13.2 Å². The van der Waals surface area contributed by atoms with Crippen LogP contribution in [0, 0.1) is 0 Å². The minimum atomic E-state index is -0.901. The van der Waals surface area contributed by atoms with E-state index in [-0.39, 0.29) is 43.8 Å². The maximum absolute atomic E-state index is 12.8. The smallest absolute Gasteiger partial charge is 0.306 e. The third-order valence-corrected chi connectivity index (χ3v) is 11.2. The van der Waals surface area contributed by atoms with Crippen molar-refractivity contribution in [3.05, 3.63) is 48.6 Å². The minimum absolute atomic E-state index is 0.0348. The molecule has 62 heavy (non-hydrogen) atoms. The molecule has 0 spiro atoms. The maximum atomic E-state index is 12.8. The number of ketones is 1. The molecule has 0 radical (unpaired) electrons. The van der Waals surface area contributed by atoms with Gasteiger partial charge >= 0.3 is 17.9 Å². The second kappa shape index (κ2) is 49.1. The molecular weight excluding hydrogens is 773 g/mol.